The van der Waals surface area contributed by atoms with Crippen LogP contribution < -0.4 is 9.80 Å². The first-order valence-corrected chi connectivity index (χ1v) is 12.0. The lowest BCUT2D eigenvalue weighted by Gasteiger charge is -2.40. The van der Waals surface area contributed by atoms with E-state index in [9.17, 15) is 13.2 Å². The van der Waals surface area contributed by atoms with Gasteiger partial charge in [-0.1, -0.05) is 12.1 Å². The van der Waals surface area contributed by atoms with Crippen LogP contribution in [0.3, 0.4) is 0 Å². The van der Waals surface area contributed by atoms with Crippen LogP contribution in [0.2, 0.25) is 0 Å². The molecule has 0 aromatic heterocycles. The van der Waals surface area contributed by atoms with Gasteiger partial charge in [0.2, 0.25) is 15.9 Å². The number of nitrogens with zero attached hydrogens (tertiary/aromatic N) is 3. The fourth-order valence-corrected chi connectivity index (χ4v) is 6.11. The lowest BCUT2D eigenvalue weighted by Crippen LogP contribution is -2.53. The fraction of sp³-hybridized carbons (Fsp3) is 0.435. The smallest absolute Gasteiger partial charge is 0.243 e. The first-order chi connectivity index (χ1) is 14.3. The van der Waals surface area contributed by atoms with Gasteiger partial charge < -0.3 is 9.80 Å². The minimum atomic E-state index is -3.58. The largest absolute Gasteiger partial charge is 0.366 e. The van der Waals surface area contributed by atoms with E-state index in [1.165, 1.54) is 5.56 Å². The zero-order chi connectivity index (χ0) is 21.5. The molecular formula is C23H29N3O3S. The predicted molar refractivity (Wildman–Crippen MR) is 120 cm³/mol. The molecular weight excluding hydrogens is 398 g/mol. The lowest BCUT2D eigenvalue weighted by atomic mass is 10.0. The molecule has 2 heterocycles. The number of hydrogen-bond acceptors (Lipinski definition) is 4. The minimum absolute atomic E-state index is 0.00680. The number of benzene rings is 2. The van der Waals surface area contributed by atoms with E-state index < -0.39 is 10.0 Å². The van der Waals surface area contributed by atoms with Crippen LogP contribution in [0.1, 0.15) is 31.4 Å². The number of anilines is 2. The molecule has 0 radical (unpaired) electrons. The number of piperazine rings is 1. The van der Waals surface area contributed by atoms with E-state index in [0.29, 0.717) is 31.1 Å². The van der Waals surface area contributed by atoms with E-state index in [4.69, 9.17) is 0 Å². The SMILES string of the molecule is CC(=O)N1CCCc2cc(S(=O)(=O)N3CCN(c4cccc(C)c4)[C@@H](C)C3)ccc21. The summed E-state index contributed by atoms with van der Waals surface area (Å²) in [6.07, 6.45) is 1.64. The van der Waals surface area contributed by atoms with Crippen LogP contribution in [0.5, 0.6) is 0 Å². The molecule has 0 saturated carbocycles. The number of amides is 1. The molecule has 0 spiro atoms. The van der Waals surface area contributed by atoms with Crippen LogP contribution in [0.15, 0.2) is 47.4 Å². The van der Waals surface area contributed by atoms with Crippen LogP contribution in [-0.2, 0) is 21.2 Å². The molecule has 4 rings (SSSR count). The quantitative estimate of drug-likeness (QED) is 0.755. The van der Waals surface area contributed by atoms with E-state index in [1.807, 2.05) is 6.07 Å². The van der Waals surface area contributed by atoms with Crippen molar-refractivity contribution in [2.24, 2.45) is 0 Å². The van der Waals surface area contributed by atoms with Crippen LogP contribution >= 0.6 is 0 Å². The summed E-state index contributed by atoms with van der Waals surface area (Å²) in [4.78, 5) is 16.2. The Kier molecular flexibility index (Phi) is 5.59. The molecule has 7 heteroatoms. The number of aryl methyl sites for hydroxylation is 2. The number of carbonyl (C=O) groups excluding carboxylic acids is 1. The van der Waals surface area contributed by atoms with Gasteiger partial charge in [0.25, 0.3) is 0 Å². The lowest BCUT2D eigenvalue weighted by molar-refractivity contribution is -0.116. The molecule has 1 atom stereocenters. The number of sulfonamides is 1. The molecule has 0 bridgehead atoms. The van der Waals surface area contributed by atoms with Gasteiger partial charge in [0.15, 0.2) is 0 Å². The highest BCUT2D eigenvalue weighted by molar-refractivity contribution is 7.89. The standard InChI is InChI=1S/C23H29N3O3S/c1-17-6-4-8-21(14-17)25-13-12-24(16-18(25)2)30(28,29)22-9-10-23-20(15-22)7-5-11-26(23)19(3)27/h4,6,8-10,14-15,18H,5,7,11-13,16H2,1-3H3/t18-/m0/s1. The Labute approximate surface area is 179 Å². The van der Waals surface area contributed by atoms with Crippen LogP contribution in [0.25, 0.3) is 0 Å². The summed E-state index contributed by atoms with van der Waals surface area (Å²) in [6.45, 7) is 7.94. The third-order valence-corrected chi connectivity index (χ3v) is 7.97. The van der Waals surface area contributed by atoms with Crippen molar-refractivity contribution in [2.45, 2.75) is 44.6 Å². The van der Waals surface area contributed by atoms with E-state index in [0.717, 1.165) is 29.8 Å². The average molecular weight is 428 g/mol. The molecule has 0 N–H and O–H groups in total. The Balaban J connectivity index is 1.55. The van der Waals surface area contributed by atoms with E-state index in [-0.39, 0.29) is 11.9 Å². The predicted octanol–water partition coefficient (Wildman–Crippen LogP) is 3.19. The number of fused-ring (bicyclic) bond motifs is 1. The Morgan fingerprint density at radius 1 is 1.07 bits per heavy atom. The van der Waals surface area contributed by atoms with Crippen LogP contribution in [-0.4, -0.2) is 50.9 Å². The monoisotopic (exact) mass is 427 g/mol. The van der Waals surface area contributed by atoms with Gasteiger partial charge in [-0.25, -0.2) is 8.42 Å². The number of carbonyl (C=O) groups is 1. The van der Waals surface area contributed by atoms with Gasteiger partial charge in [0, 0.05) is 50.5 Å². The maximum atomic E-state index is 13.4. The molecule has 0 unspecified atom stereocenters. The summed E-state index contributed by atoms with van der Waals surface area (Å²) >= 11 is 0. The van der Waals surface area contributed by atoms with Gasteiger partial charge >= 0.3 is 0 Å². The summed E-state index contributed by atoms with van der Waals surface area (Å²) in [7, 11) is -3.58. The summed E-state index contributed by atoms with van der Waals surface area (Å²) in [5.74, 6) is -0.00680. The van der Waals surface area contributed by atoms with Crippen molar-refractivity contribution in [3.8, 4) is 0 Å². The van der Waals surface area contributed by atoms with Crippen molar-refractivity contribution in [1.29, 1.82) is 0 Å². The molecule has 0 aliphatic carbocycles. The van der Waals surface area contributed by atoms with Crippen molar-refractivity contribution in [3.05, 3.63) is 53.6 Å². The van der Waals surface area contributed by atoms with Crippen molar-refractivity contribution < 1.29 is 13.2 Å². The Bertz CT molecular complexity index is 1070. The topological polar surface area (TPSA) is 60.9 Å². The van der Waals surface area contributed by atoms with Crippen molar-refractivity contribution in [3.63, 3.8) is 0 Å². The minimum Gasteiger partial charge on any atom is -0.366 e. The highest BCUT2D eigenvalue weighted by Gasteiger charge is 2.33. The number of hydrogen-bond donors (Lipinski definition) is 0. The maximum absolute atomic E-state index is 13.4. The number of rotatable bonds is 3. The maximum Gasteiger partial charge on any atom is 0.243 e. The Morgan fingerprint density at radius 3 is 2.57 bits per heavy atom. The molecule has 160 valence electrons. The molecule has 2 aromatic carbocycles. The van der Waals surface area contributed by atoms with Gasteiger partial charge in [0.1, 0.15) is 0 Å². The molecule has 1 saturated heterocycles. The van der Waals surface area contributed by atoms with Gasteiger partial charge in [-0.2, -0.15) is 4.31 Å². The zero-order valence-electron chi connectivity index (χ0n) is 17.8. The van der Waals surface area contributed by atoms with Crippen molar-refractivity contribution in [1.82, 2.24) is 4.31 Å². The summed E-state index contributed by atoms with van der Waals surface area (Å²) in [5.41, 5.74) is 4.11. The second-order valence-corrected chi connectivity index (χ2v) is 10.2. The van der Waals surface area contributed by atoms with E-state index >= 15 is 0 Å². The Hall–Kier alpha value is -2.38. The zero-order valence-corrected chi connectivity index (χ0v) is 18.7. The molecule has 30 heavy (non-hydrogen) atoms. The average Bonchev–Trinajstić information content (AvgIpc) is 2.72. The second kappa shape index (κ2) is 8.04. The molecule has 2 aliphatic heterocycles. The molecule has 6 nitrogen and oxygen atoms in total. The third kappa shape index (κ3) is 3.84. The molecule has 2 aromatic rings. The summed E-state index contributed by atoms with van der Waals surface area (Å²) < 4.78 is 28.3. The summed E-state index contributed by atoms with van der Waals surface area (Å²) in [6, 6.07) is 13.6. The van der Waals surface area contributed by atoms with Gasteiger partial charge in [0.05, 0.1) is 4.90 Å². The molecule has 1 fully saturated rings. The first kappa shape index (κ1) is 20.9. The second-order valence-electron chi connectivity index (χ2n) is 8.31. The highest BCUT2D eigenvalue weighted by Crippen LogP contribution is 2.31. The van der Waals surface area contributed by atoms with Crippen molar-refractivity contribution >= 4 is 27.3 Å². The molecule has 1 amide bonds. The van der Waals surface area contributed by atoms with E-state index in [1.54, 1.807) is 34.3 Å². The molecule has 2 aliphatic rings. The third-order valence-electron chi connectivity index (χ3n) is 6.11. The first-order valence-electron chi connectivity index (χ1n) is 10.5. The van der Waals surface area contributed by atoms with Crippen LogP contribution in [0.4, 0.5) is 11.4 Å². The van der Waals surface area contributed by atoms with Gasteiger partial charge in [-0.15, -0.1) is 0 Å². The van der Waals surface area contributed by atoms with Gasteiger partial charge in [-0.05, 0) is 68.1 Å². The highest BCUT2D eigenvalue weighted by atomic mass is 32.2. The summed E-state index contributed by atoms with van der Waals surface area (Å²) in [5, 5.41) is 0. The van der Waals surface area contributed by atoms with Gasteiger partial charge in [-0.3, -0.25) is 4.79 Å². The van der Waals surface area contributed by atoms with E-state index in [2.05, 4.69) is 36.9 Å². The normalized spacial score (nSPS) is 20.2. The fourth-order valence-electron chi connectivity index (χ4n) is 4.54. The van der Waals surface area contributed by atoms with Crippen molar-refractivity contribution in [2.75, 3.05) is 36.0 Å². The van der Waals surface area contributed by atoms with Crippen LogP contribution in [0, 0.1) is 6.92 Å². The Morgan fingerprint density at radius 2 is 1.87 bits per heavy atom.